The van der Waals surface area contributed by atoms with Crippen molar-refractivity contribution >= 4 is 5.91 Å². The number of benzene rings is 2. The van der Waals surface area contributed by atoms with E-state index in [1.54, 1.807) is 37.4 Å². The third-order valence-electron chi connectivity index (χ3n) is 4.34. The van der Waals surface area contributed by atoms with Gasteiger partial charge in [0.1, 0.15) is 18.5 Å². The predicted octanol–water partition coefficient (Wildman–Crippen LogP) is 3.30. The van der Waals surface area contributed by atoms with E-state index in [0.717, 1.165) is 12.8 Å². The van der Waals surface area contributed by atoms with Crippen LogP contribution in [0.5, 0.6) is 5.75 Å². The topological polar surface area (TPSA) is 41.6 Å². The lowest BCUT2D eigenvalue weighted by atomic mass is 10.0. The van der Waals surface area contributed by atoms with Crippen LogP contribution >= 0.6 is 0 Å². The number of rotatable bonds is 8. The highest BCUT2D eigenvalue weighted by atomic mass is 19.1. The minimum atomic E-state index is -0.555. The second kappa shape index (κ2) is 8.27. The van der Waals surface area contributed by atoms with Gasteiger partial charge in [0.05, 0.1) is 0 Å². The van der Waals surface area contributed by atoms with Crippen molar-refractivity contribution in [2.24, 2.45) is 0 Å². The van der Waals surface area contributed by atoms with E-state index in [1.807, 2.05) is 4.90 Å². The van der Waals surface area contributed by atoms with Crippen LogP contribution in [0, 0.1) is 11.6 Å². The molecule has 0 bridgehead atoms. The van der Waals surface area contributed by atoms with Crippen LogP contribution in [-0.2, 0) is 4.79 Å². The van der Waals surface area contributed by atoms with Crippen LogP contribution in [0.3, 0.4) is 0 Å². The molecule has 1 amide bonds. The van der Waals surface area contributed by atoms with Crippen LogP contribution in [0.1, 0.15) is 24.4 Å². The molecule has 2 aromatic carbocycles. The lowest BCUT2D eigenvalue weighted by Gasteiger charge is -2.27. The van der Waals surface area contributed by atoms with Gasteiger partial charge in [-0.25, -0.2) is 8.78 Å². The Morgan fingerprint density at radius 3 is 2.54 bits per heavy atom. The second-order valence-corrected chi connectivity index (χ2v) is 6.50. The maximum absolute atomic E-state index is 13.6. The first-order chi connectivity index (χ1) is 12.5. The summed E-state index contributed by atoms with van der Waals surface area (Å²) in [6, 6.07) is 11.8. The summed E-state index contributed by atoms with van der Waals surface area (Å²) >= 11 is 0. The molecular formula is C20H22F2N2O2. The van der Waals surface area contributed by atoms with Crippen LogP contribution in [0.4, 0.5) is 8.78 Å². The summed E-state index contributed by atoms with van der Waals surface area (Å²) in [5.41, 5.74) is 0.706. The molecule has 26 heavy (non-hydrogen) atoms. The van der Waals surface area contributed by atoms with Crippen molar-refractivity contribution in [1.82, 2.24) is 10.2 Å². The highest BCUT2D eigenvalue weighted by molar-refractivity contribution is 5.83. The maximum atomic E-state index is 13.6. The molecule has 1 saturated carbocycles. The summed E-state index contributed by atoms with van der Waals surface area (Å²) in [7, 11) is 1.80. The fraction of sp³-hybridized carbons (Fsp3) is 0.350. The highest BCUT2D eigenvalue weighted by Crippen LogP contribution is 2.24. The Labute approximate surface area is 151 Å². The van der Waals surface area contributed by atoms with Crippen molar-refractivity contribution in [3.8, 4) is 5.75 Å². The highest BCUT2D eigenvalue weighted by Gasteiger charge is 2.30. The number of nitrogens with zero attached hydrogens (tertiary/aromatic N) is 1. The summed E-state index contributed by atoms with van der Waals surface area (Å²) in [6.07, 6.45) is 1.98. The normalized spacial score (nSPS) is 14.9. The molecular weight excluding hydrogens is 338 g/mol. The molecule has 0 spiro atoms. The SMILES string of the molecule is CN(CCOc1ccccc1F)C(C(=O)NC1CC1)c1ccc(F)cc1. The Morgan fingerprint density at radius 2 is 1.88 bits per heavy atom. The van der Waals surface area contributed by atoms with Crippen molar-refractivity contribution in [2.75, 3.05) is 20.2 Å². The van der Waals surface area contributed by atoms with Gasteiger partial charge in [0, 0.05) is 12.6 Å². The number of likely N-dealkylation sites (N-methyl/N-ethyl adjacent to an activating group) is 1. The standard InChI is InChI=1S/C20H22F2N2O2/c1-24(12-13-26-18-5-3-2-4-17(18)22)19(20(25)23-16-10-11-16)14-6-8-15(21)9-7-14/h2-9,16,19H,10-13H2,1H3,(H,23,25). The van der Waals surface area contributed by atoms with Crippen LogP contribution in [0.2, 0.25) is 0 Å². The number of para-hydroxylation sites is 1. The Morgan fingerprint density at radius 1 is 1.19 bits per heavy atom. The fourth-order valence-corrected chi connectivity index (χ4v) is 2.75. The van der Waals surface area contributed by atoms with Gasteiger partial charge in [-0.3, -0.25) is 9.69 Å². The lowest BCUT2D eigenvalue weighted by Crippen LogP contribution is -2.41. The van der Waals surface area contributed by atoms with Gasteiger partial charge >= 0.3 is 0 Å². The largest absolute Gasteiger partial charge is 0.489 e. The monoisotopic (exact) mass is 360 g/mol. The van der Waals surface area contributed by atoms with Gasteiger partial charge < -0.3 is 10.1 Å². The number of ether oxygens (including phenoxy) is 1. The molecule has 2 aromatic rings. The number of nitrogens with one attached hydrogen (secondary N) is 1. The molecule has 0 heterocycles. The Bertz CT molecular complexity index is 748. The molecule has 1 unspecified atom stereocenters. The smallest absolute Gasteiger partial charge is 0.242 e. The average Bonchev–Trinajstić information content (AvgIpc) is 3.42. The van der Waals surface area contributed by atoms with Crippen LogP contribution < -0.4 is 10.1 Å². The lowest BCUT2D eigenvalue weighted by molar-refractivity contribution is -0.126. The zero-order valence-electron chi connectivity index (χ0n) is 14.6. The molecule has 3 rings (SSSR count). The molecule has 1 N–H and O–H groups in total. The van der Waals surface area contributed by atoms with Crippen molar-refractivity contribution in [3.05, 3.63) is 65.7 Å². The number of hydrogen-bond acceptors (Lipinski definition) is 3. The molecule has 0 aromatic heterocycles. The Kier molecular flexibility index (Phi) is 5.83. The summed E-state index contributed by atoms with van der Waals surface area (Å²) in [6.45, 7) is 0.639. The van der Waals surface area contributed by atoms with Gasteiger partial charge in [-0.1, -0.05) is 24.3 Å². The Hall–Kier alpha value is -2.47. The van der Waals surface area contributed by atoms with Crippen molar-refractivity contribution in [3.63, 3.8) is 0 Å². The van der Waals surface area contributed by atoms with E-state index in [-0.39, 0.29) is 30.1 Å². The number of hydrogen-bond donors (Lipinski definition) is 1. The van der Waals surface area contributed by atoms with E-state index in [0.29, 0.717) is 12.1 Å². The van der Waals surface area contributed by atoms with Crippen LogP contribution in [0.15, 0.2) is 48.5 Å². The number of halogens is 2. The first-order valence-corrected chi connectivity index (χ1v) is 8.68. The molecule has 0 radical (unpaired) electrons. The van der Waals surface area contributed by atoms with Gasteiger partial charge in [0.25, 0.3) is 0 Å². The second-order valence-electron chi connectivity index (χ2n) is 6.50. The third-order valence-corrected chi connectivity index (χ3v) is 4.34. The number of carbonyl (C=O) groups is 1. The minimum Gasteiger partial charge on any atom is -0.489 e. The quantitative estimate of drug-likeness (QED) is 0.785. The summed E-state index contributed by atoms with van der Waals surface area (Å²) in [5.74, 6) is -0.702. The zero-order chi connectivity index (χ0) is 18.5. The first kappa shape index (κ1) is 18.3. The van der Waals surface area contributed by atoms with Crippen LogP contribution in [-0.4, -0.2) is 37.0 Å². The molecule has 1 aliphatic rings. The summed E-state index contributed by atoms with van der Waals surface area (Å²) in [5, 5.41) is 2.99. The van der Waals surface area contributed by atoms with Gasteiger partial charge in [-0.05, 0) is 49.7 Å². The van der Waals surface area contributed by atoms with E-state index in [2.05, 4.69) is 5.32 Å². The first-order valence-electron chi connectivity index (χ1n) is 8.68. The number of amides is 1. The molecule has 1 atom stereocenters. The molecule has 0 saturated heterocycles. The van der Waals surface area contributed by atoms with Crippen molar-refractivity contribution in [2.45, 2.75) is 24.9 Å². The van der Waals surface area contributed by atoms with E-state index >= 15 is 0 Å². The fourth-order valence-electron chi connectivity index (χ4n) is 2.75. The third kappa shape index (κ3) is 4.79. The molecule has 1 fully saturated rings. The summed E-state index contributed by atoms with van der Waals surface area (Å²) < 4.78 is 32.3. The van der Waals surface area contributed by atoms with Gasteiger partial charge in [0.15, 0.2) is 11.6 Å². The maximum Gasteiger partial charge on any atom is 0.242 e. The zero-order valence-corrected chi connectivity index (χ0v) is 14.6. The van der Waals surface area contributed by atoms with Gasteiger partial charge in [-0.15, -0.1) is 0 Å². The van der Waals surface area contributed by atoms with Crippen LogP contribution in [0.25, 0.3) is 0 Å². The minimum absolute atomic E-state index is 0.118. The van der Waals surface area contributed by atoms with Crippen molar-refractivity contribution < 1.29 is 18.3 Å². The molecule has 0 aliphatic heterocycles. The molecule has 1 aliphatic carbocycles. The molecule has 138 valence electrons. The molecule has 4 nitrogen and oxygen atoms in total. The van der Waals surface area contributed by atoms with Crippen molar-refractivity contribution in [1.29, 1.82) is 0 Å². The summed E-state index contributed by atoms with van der Waals surface area (Å²) in [4.78, 5) is 14.5. The Balaban J connectivity index is 1.65. The number of carbonyl (C=O) groups excluding carboxylic acids is 1. The van der Waals surface area contributed by atoms with E-state index in [4.69, 9.17) is 4.74 Å². The van der Waals surface area contributed by atoms with E-state index in [1.165, 1.54) is 18.2 Å². The van der Waals surface area contributed by atoms with E-state index in [9.17, 15) is 13.6 Å². The van der Waals surface area contributed by atoms with Gasteiger partial charge in [-0.2, -0.15) is 0 Å². The van der Waals surface area contributed by atoms with Gasteiger partial charge in [0.2, 0.25) is 5.91 Å². The molecule has 6 heteroatoms. The van der Waals surface area contributed by atoms with E-state index < -0.39 is 11.9 Å². The average molecular weight is 360 g/mol. The predicted molar refractivity (Wildman–Crippen MR) is 94.8 cm³/mol.